The smallest absolute Gasteiger partial charge is 0.0720 e. The van der Waals surface area contributed by atoms with Crippen molar-refractivity contribution in [2.75, 3.05) is 13.1 Å². The van der Waals surface area contributed by atoms with Crippen LogP contribution in [-0.2, 0) is 11.3 Å². The lowest BCUT2D eigenvalue weighted by Gasteiger charge is -2.29. The Labute approximate surface area is 91.6 Å². The highest BCUT2D eigenvalue weighted by atomic mass is 16.5. The summed E-state index contributed by atoms with van der Waals surface area (Å²) in [7, 11) is 0. The van der Waals surface area contributed by atoms with Crippen LogP contribution in [0, 0.1) is 5.92 Å². The third kappa shape index (κ3) is 3.05. The maximum Gasteiger partial charge on any atom is 0.0720 e. The van der Waals surface area contributed by atoms with Gasteiger partial charge in [0.1, 0.15) is 0 Å². The van der Waals surface area contributed by atoms with E-state index in [2.05, 4.69) is 36.5 Å². The molecule has 0 radical (unpaired) electrons. The molecule has 0 saturated carbocycles. The van der Waals surface area contributed by atoms with Crippen LogP contribution in [0.15, 0.2) is 30.3 Å². The second-order valence-corrected chi connectivity index (χ2v) is 4.31. The summed E-state index contributed by atoms with van der Waals surface area (Å²) in [6.07, 6.45) is 1.56. The zero-order valence-corrected chi connectivity index (χ0v) is 9.28. The van der Waals surface area contributed by atoms with Crippen LogP contribution >= 0.6 is 0 Å². The SMILES string of the molecule is C[C@@H]1CNCC[C@@H]1OCc1ccccc1. The minimum Gasteiger partial charge on any atom is -0.373 e. The average Bonchev–Trinajstić information content (AvgIpc) is 2.29. The summed E-state index contributed by atoms with van der Waals surface area (Å²) >= 11 is 0. The lowest BCUT2D eigenvalue weighted by Crippen LogP contribution is -2.39. The molecular weight excluding hydrogens is 186 g/mol. The first kappa shape index (κ1) is 10.7. The minimum absolute atomic E-state index is 0.423. The van der Waals surface area contributed by atoms with Gasteiger partial charge in [0.25, 0.3) is 0 Å². The highest BCUT2D eigenvalue weighted by Gasteiger charge is 2.21. The van der Waals surface area contributed by atoms with Gasteiger partial charge in [0.2, 0.25) is 0 Å². The number of hydrogen-bond donors (Lipinski definition) is 1. The van der Waals surface area contributed by atoms with E-state index in [0.717, 1.165) is 26.1 Å². The van der Waals surface area contributed by atoms with Crippen LogP contribution in [0.2, 0.25) is 0 Å². The van der Waals surface area contributed by atoms with Gasteiger partial charge in [-0.2, -0.15) is 0 Å². The molecule has 1 N–H and O–H groups in total. The van der Waals surface area contributed by atoms with Crippen LogP contribution in [0.3, 0.4) is 0 Å². The summed E-state index contributed by atoms with van der Waals surface area (Å²) in [6, 6.07) is 10.4. The molecule has 15 heavy (non-hydrogen) atoms. The van der Waals surface area contributed by atoms with Gasteiger partial charge in [-0.25, -0.2) is 0 Å². The van der Waals surface area contributed by atoms with Crippen LogP contribution in [0.1, 0.15) is 18.9 Å². The molecule has 82 valence electrons. The Morgan fingerprint density at radius 1 is 1.33 bits per heavy atom. The summed E-state index contributed by atoms with van der Waals surface area (Å²) in [5.41, 5.74) is 1.27. The Morgan fingerprint density at radius 2 is 2.13 bits per heavy atom. The molecule has 0 unspecified atom stereocenters. The molecule has 2 nitrogen and oxygen atoms in total. The van der Waals surface area contributed by atoms with E-state index in [-0.39, 0.29) is 0 Å². The summed E-state index contributed by atoms with van der Waals surface area (Å²) in [5, 5.41) is 3.38. The molecule has 2 rings (SSSR count). The van der Waals surface area contributed by atoms with Crippen molar-refractivity contribution >= 4 is 0 Å². The van der Waals surface area contributed by atoms with Crippen LogP contribution < -0.4 is 5.32 Å². The first-order chi connectivity index (χ1) is 7.36. The molecule has 0 aromatic heterocycles. The summed E-state index contributed by atoms with van der Waals surface area (Å²) in [5.74, 6) is 0.627. The van der Waals surface area contributed by atoms with Crippen molar-refractivity contribution in [3.63, 3.8) is 0 Å². The highest BCUT2D eigenvalue weighted by Crippen LogP contribution is 2.16. The van der Waals surface area contributed by atoms with Crippen molar-refractivity contribution in [1.82, 2.24) is 5.32 Å². The summed E-state index contributed by atoms with van der Waals surface area (Å²) < 4.78 is 5.94. The molecule has 1 fully saturated rings. The van der Waals surface area contributed by atoms with Gasteiger partial charge >= 0.3 is 0 Å². The van der Waals surface area contributed by atoms with Crippen LogP contribution in [0.5, 0.6) is 0 Å². The van der Waals surface area contributed by atoms with Gasteiger partial charge in [0.05, 0.1) is 12.7 Å². The molecule has 1 aromatic rings. The van der Waals surface area contributed by atoms with E-state index in [9.17, 15) is 0 Å². The van der Waals surface area contributed by atoms with Gasteiger partial charge in [0, 0.05) is 6.54 Å². The van der Waals surface area contributed by atoms with Crippen LogP contribution in [-0.4, -0.2) is 19.2 Å². The van der Waals surface area contributed by atoms with E-state index < -0.39 is 0 Å². The van der Waals surface area contributed by atoms with E-state index in [1.807, 2.05) is 6.07 Å². The topological polar surface area (TPSA) is 21.3 Å². The Morgan fingerprint density at radius 3 is 2.87 bits per heavy atom. The van der Waals surface area contributed by atoms with E-state index >= 15 is 0 Å². The maximum absolute atomic E-state index is 5.94. The van der Waals surface area contributed by atoms with E-state index in [4.69, 9.17) is 4.74 Å². The highest BCUT2D eigenvalue weighted by molar-refractivity contribution is 5.13. The Kier molecular flexibility index (Phi) is 3.75. The third-order valence-electron chi connectivity index (χ3n) is 3.01. The number of piperidine rings is 1. The maximum atomic E-state index is 5.94. The molecule has 1 aliphatic heterocycles. The predicted octanol–water partition coefficient (Wildman–Crippen LogP) is 2.20. The summed E-state index contributed by atoms with van der Waals surface area (Å²) in [4.78, 5) is 0. The zero-order chi connectivity index (χ0) is 10.5. The molecule has 1 aliphatic rings. The first-order valence-electron chi connectivity index (χ1n) is 5.72. The zero-order valence-electron chi connectivity index (χ0n) is 9.28. The summed E-state index contributed by atoms with van der Waals surface area (Å²) in [6.45, 7) is 5.17. The molecule has 0 spiro atoms. The van der Waals surface area contributed by atoms with Gasteiger partial charge in [-0.3, -0.25) is 0 Å². The average molecular weight is 205 g/mol. The predicted molar refractivity (Wildman–Crippen MR) is 61.7 cm³/mol. The fourth-order valence-electron chi connectivity index (χ4n) is 2.02. The molecule has 2 heteroatoms. The van der Waals surface area contributed by atoms with Crippen LogP contribution in [0.25, 0.3) is 0 Å². The van der Waals surface area contributed by atoms with Gasteiger partial charge in [-0.15, -0.1) is 0 Å². The molecule has 0 aliphatic carbocycles. The van der Waals surface area contributed by atoms with Crippen molar-refractivity contribution in [3.05, 3.63) is 35.9 Å². The van der Waals surface area contributed by atoms with Crippen molar-refractivity contribution in [3.8, 4) is 0 Å². The molecule has 1 saturated heterocycles. The molecule has 2 atom stereocenters. The Balaban J connectivity index is 1.82. The number of rotatable bonds is 3. The number of nitrogens with one attached hydrogen (secondary N) is 1. The fourth-order valence-corrected chi connectivity index (χ4v) is 2.02. The molecule has 1 aromatic carbocycles. The monoisotopic (exact) mass is 205 g/mol. The van der Waals surface area contributed by atoms with Gasteiger partial charge in [-0.1, -0.05) is 37.3 Å². The van der Waals surface area contributed by atoms with E-state index in [1.165, 1.54) is 5.56 Å². The number of hydrogen-bond acceptors (Lipinski definition) is 2. The van der Waals surface area contributed by atoms with Gasteiger partial charge < -0.3 is 10.1 Å². The quantitative estimate of drug-likeness (QED) is 0.817. The third-order valence-corrected chi connectivity index (χ3v) is 3.01. The van der Waals surface area contributed by atoms with Crippen molar-refractivity contribution in [1.29, 1.82) is 0 Å². The Hall–Kier alpha value is -0.860. The molecule has 1 heterocycles. The largest absolute Gasteiger partial charge is 0.373 e. The van der Waals surface area contributed by atoms with Crippen molar-refractivity contribution < 1.29 is 4.74 Å². The van der Waals surface area contributed by atoms with Crippen molar-refractivity contribution in [2.24, 2.45) is 5.92 Å². The molecule has 0 bridgehead atoms. The lowest BCUT2D eigenvalue weighted by molar-refractivity contribution is -0.00977. The van der Waals surface area contributed by atoms with E-state index in [1.54, 1.807) is 0 Å². The van der Waals surface area contributed by atoms with Gasteiger partial charge in [-0.05, 0) is 24.4 Å². The van der Waals surface area contributed by atoms with E-state index in [0.29, 0.717) is 12.0 Å². The fraction of sp³-hybridized carbons (Fsp3) is 0.538. The number of benzene rings is 1. The Bertz CT molecular complexity index is 286. The number of ether oxygens (including phenoxy) is 1. The standard InChI is InChI=1S/C13H19NO/c1-11-9-14-8-7-13(11)15-10-12-5-3-2-4-6-12/h2-6,11,13-14H,7-10H2,1H3/t11-,13+/m1/s1. The molecule has 0 amide bonds. The van der Waals surface area contributed by atoms with Crippen molar-refractivity contribution in [2.45, 2.75) is 26.1 Å². The van der Waals surface area contributed by atoms with Gasteiger partial charge in [0.15, 0.2) is 0 Å². The second kappa shape index (κ2) is 5.29. The minimum atomic E-state index is 0.423. The second-order valence-electron chi connectivity index (χ2n) is 4.31. The van der Waals surface area contributed by atoms with Crippen LogP contribution in [0.4, 0.5) is 0 Å². The normalized spacial score (nSPS) is 26.5. The lowest BCUT2D eigenvalue weighted by atomic mass is 9.98. The molecular formula is C13H19NO. The first-order valence-corrected chi connectivity index (χ1v) is 5.72.